The summed E-state index contributed by atoms with van der Waals surface area (Å²) in [6, 6.07) is 0. The minimum Gasteiger partial charge on any atom is -0.469 e. The Bertz CT molecular complexity index is 293. The summed E-state index contributed by atoms with van der Waals surface area (Å²) < 4.78 is 4.47. The van der Waals surface area contributed by atoms with Crippen LogP contribution in [0.4, 0.5) is 0 Å². The summed E-state index contributed by atoms with van der Waals surface area (Å²) >= 11 is 0. The van der Waals surface area contributed by atoms with Gasteiger partial charge in [0.2, 0.25) is 5.91 Å². The number of rotatable bonds is 5. The van der Waals surface area contributed by atoms with E-state index in [9.17, 15) is 9.59 Å². The fraction of sp³-hybridized carbons (Fsp3) is 0.857. The molecule has 0 aromatic carbocycles. The van der Waals surface area contributed by atoms with E-state index >= 15 is 0 Å². The highest BCUT2D eigenvalue weighted by Gasteiger charge is 2.30. The van der Waals surface area contributed by atoms with E-state index < -0.39 is 5.97 Å². The van der Waals surface area contributed by atoms with E-state index in [2.05, 4.69) is 23.9 Å². The molecule has 0 heterocycles. The Morgan fingerprint density at radius 1 is 1.22 bits per heavy atom. The summed E-state index contributed by atoms with van der Waals surface area (Å²) in [5, 5.41) is 2.85. The topological polar surface area (TPSA) is 55.4 Å². The summed E-state index contributed by atoms with van der Waals surface area (Å²) in [4.78, 5) is 22.5. The molecule has 1 aliphatic carbocycles. The monoisotopic (exact) mass is 255 g/mol. The third-order valence-corrected chi connectivity index (χ3v) is 3.98. The Balaban J connectivity index is 2.35. The van der Waals surface area contributed by atoms with Crippen molar-refractivity contribution in [1.29, 1.82) is 0 Å². The maximum absolute atomic E-state index is 11.5. The smallest absolute Gasteiger partial charge is 0.315 e. The molecule has 4 heteroatoms. The molecule has 0 aromatic heterocycles. The molecular formula is C14H25NO3. The minimum absolute atomic E-state index is 0.103. The van der Waals surface area contributed by atoms with Crippen LogP contribution in [0.3, 0.4) is 0 Å². The second kappa shape index (κ2) is 6.76. The molecule has 0 radical (unpaired) electrons. The second-order valence-corrected chi connectivity index (χ2v) is 5.85. The van der Waals surface area contributed by atoms with Gasteiger partial charge in [-0.3, -0.25) is 9.59 Å². The maximum Gasteiger partial charge on any atom is 0.315 e. The van der Waals surface area contributed by atoms with E-state index in [1.165, 1.54) is 39.2 Å². The van der Waals surface area contributed by atoms with Gasteiger partial charge in [0, 0.05) is 6.54 Å². The highest BCUT2D eigenvalue weighted by Crippen LogP contribution is 2.37. The molecule has 18 heavy (non-hydrogen) atoms. The van der Waals surface area contributed by atoms with Crippen LogP contribution in [-0.2, 0) is 14.3 Å². The van der Waals surface area contributed by atoms with Crippen molar-refractivity contribution in [2.24, 2.45) is 11.3 Å². The number of hydrogen-bond acceptors (Lipinski definition) is 3. The molecule has 1 saturated carbocycles. The number of carbonyl (C=O) groups is 2. The van der Waals surface area contributed by atoms with E-state index in [1.807, 2.05) is 0 Å². The number of nitrogens with one attached hydrogen (secondary N) is 1. The van der Waals surface area contributed by atoms with Gasteiger partial charge in [0.15, 0.2) is 0 Å². The van der Waals surface area contributed by atoms with Gasteiger partial charge in [0.25, 0.3) is 0 Å². The summed E-state index contributed by atoms with van der Waals surface area (Å²) in [7, 11) is 1.29. The molecular weight excluding hydrogens is 230 g/mol. The van der Waals surface area contributed by atoms with E-state index in [1.54, 1.807) is 0 Å². The number of carbonyl (C=O) groups excluding carboxylic acids is 2. The number of methoxy groups -OCH3 is 1. The Kier molecular flexibility index (Phi) is 5.63. The fourth-order valence-corrected chi connectivity index (χ4v) is 2.62. The average molecular weight is 255 g/mol. The van der Waals surface area contributed by atoms with Crippen molar-refractivity contribution in [1.82, 2.24) is 5.32 Å². The van der Waals surface area contributed by atoms with Crippen LogP contribution in [-0.4, -0.2) is 25.5 Å². The van der Waals surface area contributed by atoms with Crippen LogP contribution >= 0.6 is 0 Å². The molecule has 104 valence electrons. The molecule has 0 saturated heterocycles. The van der Waals surface area contributed by atoms with Crippen LogP contribution in [0.25, 0.3) is 0 Å². The Labute approximate surface area is 109 Å². The van der Waals surface area contributed by atoms with Gasteiger partial charge in [0.1, 0.15) is 6.42 Å². The van der Waals surface area contributed by atoms with Crippen LogP contribution in [0.1, 0.15) is 52.4 Å². The molecule has 0 aromatic rings. The zero-order valence-corrected chi connectivity index (χ0v) is 11.8. The van der Waals surface area contributed by atoms with Crippen LogP contribution in [0, 0.1) is 11.3 Å². The van der Waals surface area contributed by atoms with Gasteiger partial charge in [-0.25, -0.2) is 0 Å². The van der Waals surface area contributed by atoms with Gasteiger partial charge < -0.3 is 10.1 Å². The van der Waals surface area contributed by atoms with E-state index in [0.29, 0.717) is 12.5 Å². The first-order valence-electron chi connectivity index (χ1n) is 6.79. The van der Waals surface area contributed by atoms with Crippen molar-refractivity contribution < 1.29 is 14.3 Å². The van der Waals surface area contributed by atoms with Crippen molar-refractivity contribution in [2.45, 2.75) is 52.4 Å². The van der Waals surface area contributed by atoms with Crippen molar-refractivity contribution in [3.63, 3.8) is 0 Å². The summed E-state index contributed by atoms with van der Waals surface area (Å²) in [6.45, 7) is 5.02. The van der Waals surface area contributed by atoms with Crippen LogP contribution in [0.2, 0.25) is 0 Å². The number of esters is 1. The molecule has 4 nitrogen and oxygen atoms in total. The lowest BCUT2D eigenvalue weighted by atomic mass is 9.71. The maximum atomic E-state index is 11.5. The molecule has 1 amide bonds. The molecule has 0 unspecified atom stereocenters. The van der Waals surface area contributed by atoms with E-state index in [-0.39, 0.29) is 17.7 Å². The molecule has 1 N–H and O–H groups in total. The van der Waals surface area contributed by atoms with Gasteiger partial charge in [-0.05, 0) is 24.2 Å². The van der Waals surface area contributed by atoms with Crippen LogP contribution in [0.15, 0.2) is 0 Å². The van der Waals surface area contributed by atoms with Crippen molar-refractivity contribution in [3.05, 3.63) is 0 Å². The highest BCUT2D eigenvalue weighted by atomic mass is 16.5. The van der Waals surface area contributed by atoms with E-state index in [4.69, 9.17) is 0 Å². The largest absolute Gasteiger partial charge is 0.469 e. The van der Waals surface area contributed by atoms with Gasteiger partial charge in [-0.1, -0.05) is 33.1 Å². The highest BCUT2D eigenvalue weighted by molar-refractivity contribution is 5.94. The first-order chi connectivity index (χ1) is 8.45. The lowest BCUT2D eigenvalue weighted by Gasteiger charge is -2.37. The van der Waals surface area contributed by atoms with Crippen LogP contribution in [0.5, 0.6) is 0 Å². The Morgan fingerprint density at radius 2 is 1.83 bits per heavy atom. The third-order valence-electron chi connectivity index (χ3n) is 3.98. The number of amides is 1. The molecule has 0 bridgehead atoms. The summed E-state index contributed by atoms with van der Waals surface area (Å²) in [5.74, 6) is -0.0571. The SMILES string of the molecule is COC(=O)CC(=O)NCC(C)(C)C1CCCCC1. The van der Waals surface area contributed by atoms with Crippen molar-refractivity contribution in [2.75, 3.05) is 13.7 Å². The molecule has 1 rings (SSSR count). The lowest BCUT2D eigenvalue weighted by Crippen LogP contribution is -2.40. The Morgan fingerprint density at radius 3 is 2.39 bits per heavy atom. The molecule has 1 aliphatic rings. The first kappa shape index (κ1) is 15.0. The second-order valence-electron chi connectivity index (χ2n) is 5.85. The quantitative estimate of drug-likeness (QED) is 0.605. The number of hydrogen-bond donors (Lipinski definition) is 1. The minimum atomic E-state index is -0.483. The van der Waals surface area contributed by atoms with Gasteiger partial charge in [-0.2, -0.15) is 0 Å². The molecule has 1 fully saturated rings. The first-order valence-corrected chi connectivity index (χ1v) is 6.79. The summed E-state index contributed by atoms with van der Waals surface area (Å²) in [5.41, 5.74) is 0.103. The zero-order chi connectivity index (χ0) is 13.6. The lowest BCUT2D eigenvalue weighted by molar-refractivity contribution is -0.143. The van der Waals surface area contributed by atoms with Crippen molar-refractivity contribution >= 4 is 11.9 Å². The molecule has 0 atom stereocenters. The number of ether oxygens (including phenoxy) is 1. The van der Waals surface area contributed by atoms with Crippen LogP contribution < -0.4 is 5.32 Å². The summed E-state index contributed by atoms with van der Waals surface area (Å²) in [6.07, 6.45) is 6.24. The Hall–Kier alpha value is -1.06. The van der Waals surface area contributed by atoms with E-state index in [0.717, 1.165) is 0 Å². The standard InChI is InChI=1S/C14H25NO3/c1-14(2,11-7-5-4-6-8-11)10-15-12(16)9-13(17)18-3/h11H,4-10H2,1-3H3,(H,15,16). The zero-order valence-electron chi connectivity index (χ0n) is 11.8. The average Bonchev–Trinajstić information content (AvgIpc) is 2.37. The normalized spacial score (nSPS) is 17.3. The predicted molar refractivity (Wildman–Crippen MR) is 70.0 cm³/mol. The molecule has 0 aliphatic heterocycles. The van der Waals surface area contributed by atoms with Gasteiger partial charge >= 0.3 is 5.97 Å². The molecule has 0 spiro atoms. The van der Waals surface area contributed by atoms with Gasteiger partial charge in [-0.15, -0.1) is 0 Å². The predicted octanol–water partition coefficient (Wildman–Crippen LogP) is 2.27. The van der Waals surface area contributed by atoms with Crippen molar-refractivity contribution in [3.8, 4) is 0 Å². The third kappa shape index (κ3) is 4.67. The van der Waals surface area contributed by atoms with Gasteiger partial charge in [0.05, 0.1) is 7.11 Å². The fourth-order valence-electron chi connectivity index (χ4n) is 2.62.